The van der Waals surface area contributed by atoms with Crippen molar-refractivity contribution < 1.29 is 42.7 Å². The van der Waals surface area contributed by atoms with Crippen molar-refractivity contribution >= 4 is 19.4 Å². The number of hydrogen-bond donors (Lipinski definition) is 3. The molecule has 0 bridgehead atoms. The van der Waals surface area contributed by atoms with Crippen LogP contribution in [-0.2, 0) is 23.4 Å². The fraction of sp³-hybridized carbons (Fsp3) is 0.818. The van der Waals surface area contributed by atoms with Crippen molar-refractivity contribution in [2.45, 2.75) is 76.4 Å². The molecule has 9 atom stereocenters. The summed E-state index contributed by atoms with van der Waals surface area (Å²) in [4.78, 5) is 43.9. The minimum Gasteiger partial charge on any atom is -0.381 e. The second kappa shape index (κ2) is 6.58. The smallest absolute Gasteiger partial charge is 0.381 e. The summed E-state index contributed by atoms with van der Waals surface area (Å²) in [6.45, 7) is 4.31. The van der Waals surface area contributed by atoms with Gasteiger partial charge in [0.25, 0.3) is 0 Å². The molecule has 4 aliphatic carbocycles. The molecule has 8 nitrogen and oxygen atoms in total. The maximum absolute atomic E-state index is 17.2. The lowest BCUT2D eigenvalue weighted by Crippen LogP contribution is -2.68. The summed E-state index contributed by atoms with van der Waals surface area (Å²) < 4.78 is 38.9. The van der Waals surface area contributed by atoms with Crippen LogP contribution in [-0.4, -0.2) is 56.5 Å². The Labute approximate surface area is 185 Å². The van der Waals surface area contributed by atoms with Crippen molar-refractivity contribution in [2.75, 3.05) is 6.61 Å². The predicted molar refractivity (Wildman–Crippen MR) is 109 cm³/mol. The molecule has 178 valence electrons. The SMILES string of the molecule is C[C@@H]1C[C@H]2[C@@H]3CCC4=CCC(=O)[C@H]5O[C@@H](C[C@]2(C)[C@@]1(O)C(=O)COP(=O)(O)O)[C@]3(F)[C@@]45C. The molecular weight excluding hydrogens is 442 g/mol. The zero-order valence-corrected chi connectivity index (χ0v) is 19.3. The van der Waals surface area contributed by atoms with Gasteiger partial charge in [0.15, 0.2) is 17.2 Å². The molecule has 0 aromatic carbocycles. The van der Waals surface area contributed by atoms with Gasteiger partial charge >= 0.3 is 7.82 Å². The van der Waals surface area contributed by atoms with Gasteiger partial charge in [0, 0.05) is 17.8 Å². The van der Waals surface area contributed by atoms with Crippen LogP contribution in [0.15, 0.2) is 11.6 Å². The van der Waals surface area contributed by atoms with Gasteiger partial charge in [-0.15, -0.1) is 0 Å². The third-order valence-corrected chi connectivity index (χ3v) is 10.2. The third-order valence-electron chi connectivity index (χ3n) is 9.76. The van der Waals surface area contributed by atoms with E-state index in [0.29, 0.717) is 19.3 Å². The number of ether oxygens (including phenoxy) is 1. The molecule has 32 heavy (non-hydrogen) atoms. The van der Waals surface area contributed by atoms with Crippen LogP contribution in [0.2, 0.25) is 0 Å². The normalized spacial score (nSPS) is 51.8. The number of alkyl halides is 1. The quantitative estimate of drug-likeness (QED) is 0.420. The van der Waals surface area contributed by atoms with E-state index in [2.05, 4.69) is 4.52 Å². The molecule has 4 fully saturated rings. The number of phosphoric acid groups is 1. The van der Waals surface area contributed by atoms with Crippen LogP contribution < -0.4 is 0 Å². The largest absolute Gasteiger partial charge is 0.470 e. The standard InChI is InChI=1S/C22H30FO8P/c1-11-8-14-13-6-4-12-5-7-15(24)18-20(12,3)21(13,23)17(31-18)9-19(14,2)22(11,26)16(25)10-30-32(27,28)29/h5,11,13-14,17-18,26H,4,6-10H2,1-3H3,(H2,27,28,29)/t11-,13+,14+,17+,18-,19+,20+,21+,22+/m1/s1. The van der Waals surface area contributed by atoms with Gasteiger partial charge in [0.05, 0.1) is 11.5 Å². The van der Waals surface area contributed by atoms with Gasteiger partial charge in [0.1, 0.15) is 18.3 Å². The number of halogens is 1. The van der Waals surface area contributed by atoms with Crippen LogP contribution in [0, 0.1) is 28.6 Å². The third kappa shape index (κ3) is 2.48. The Bertz CT molecular complexity index is 977. The molecule has 3 saturated carbocycles. The molecule has 10 heteroatoms. The molecule has 0 aromatic rings. The second-order valence-electron chi connectivity index (χ2n) is 10.8. The number of aliphatic hydroxyl groups is 1. The van der Waals surface area contributed by atoms with Gasteiger partial charge < -0.3 is 19.6 Å². The fourth-order valence-corrected chi connectivity index (χ4v) is 8.58. The number of allylic oxidation sites excluding steroid dienone is 1. The Morgan fingerprint density at radius 3 is 2.69 bits per heavy atom. The average molecular weight is 472 g/mol. The number of rotatable bonds is 4. The molecule has 3 N–H and O–H groups in total. The molecule has 1 aliphatic heterocycles. The van der Waals surface area contributed by atoms with E-state index in [1.54, 1.807) is 20.8 Å². The van der Waals surface area contributed by atoms with Gasteiger partial charge in [-0.2, -0.15) is 0 Å². The Hall–Kier alpha value is -0.960. The highest BCUT2D eigenvalue weighted by atomic mass is 31.2. The average Bonchev–Trinajstić information content (AvgIpc) is 3.05. The summed E-state index contributed by atoms with van der Waals surface area (Å²) in [6.07, 6.45) is 1.86. The van der Waals surface area contributed by atoms with Crippen LogP contribution in [0.4, 0.5) is 4.39 Å². The zero-order valence-electron chi connectivity index (χ0n) is 18.4. The summed E-state index contributed by atoms with van der Waals surface area (Å²) in [5.41, 5.74) is -4.93. The predicted octanol–water partition coefficient (Wildman–Crippen LogP) is 2.25. The highest BCUT2D eigenvalue weighted by molar-refractivity contribution is 7.46. The minimum absolute atomic E-state index is 0.0415. The number of fused-ring (bicyclic) bond motifs is 2. The van der Waals surface area contributed by atoms with Crippen molar-refractivity contribution in [1.29, 1.82) is 0 Å². The first kappa shape index (κ1) is 22.8. The topological polar surface area (TPSA) is 130 Å². The van der Waals surface area contributed by atoms with E-state index in [1.807, 2.05) is 6.08 Å². The Morgan fingerprint density at radius 1 is 1.34 bits per heavy atom. The summed E-state index contributed by atoms with van der Waals surface area (Å²) in [5.74, 6) is -2.37. The van der Waals surface area contributed by atoms with Crippen molar-refractivity contribution in [3.05, 3.63) is 11.6 Å². The molecule has 0 spiro atoms. The molecule has 1 heterocycles. The number of hydrogen-bond acceptors (Lipinski definition) is 6. The first-order chi connectivity index (χ1) is 14.7. The molecule has 1 saturated heterocycles. The number of carbonyl (C=O) groups is 2. The van der Waals surface area contributed by atoms with Crippen molar-refractivity contribution in [1.82, 2.24) is 0 Å². The minimum atomic E-state index is -4.90. The molecule has 5 rings (SSSR count). The second-order valence-corrected chi connectivity index (χ2v) is 12.1. The van der Waals surface area contributed by atoms with Gasteiger partial charge in [-0.1, -0.05) is 25.5 Å². The molecule has 0 radical (unpaired) electrons. The van der Waals surface area contributed by atoms with Gasteiger partial charge in [0.2, 0.25) is 0 Å². The van der Waals surface area contributed by atoms with E-state index < -0.39 is 66.4 Å². The first-order valence-corrected chi connectivity index (χ1v) is 12.8. The Balaban J connectivity index is 1.57. The van der Waals surface area contributed by atoms with Crippen LogP contribution in [0.25, 0.3) is 0 Å². The molecule has 0 aromatic heterocycles. The summed E-state index contributed by atoms with van der Waals surface area (Å²) in [5, 5.41) is 11.7. The fourth-order valence-electron chi connectivity index (χ4n) is 8.29. The van der Waals surface area contributed by atoms with E-state index in [-0.39, 0.29) is 24.5 Å². The maximum atomic E-state index is 17.2. The van der Waals surface area contributed by atoms with Crippen LogP contribution in [0.5, 0.6) is 0 Å². The van der Waals surface area contributed by atoms with Gasteiger partial charge in [-0.25, -0.2) is 8.96 Å². The Kier molecular flexibility index (Phi) is 4.69. The van der Waals surface area contributed by atoms with Crippen molar-refractivity contribution in [3.8, 4) is 0 Å². The highest BCUT2D eigenvalue weighted by Crippen LogP contribution is 2.74. The highest BCUT2D eigenvalue weighted by Gasteiger charge is 2.80. The maximum Gasteiger partial charge on any atom is 0.470 e. The zero-order chi connectivity index (χ0) is 23.5. The Morgan fingerprint density at radius 2 is 2.03 bits per heavy atom. The lowest BCUT2D eigenvalue weighted by atomic mass is 9.44. The number of ketones is 2. The molecule has 0 amide bonds. The lowest BCUT2D eigenvalue weighted by molar-refractivity contribution is -0.196. The van der Waals surface area contributed by atoms with E-state index in [1.165, 1.54) is 0 Å². The van der Waals surface area contributed by atoms with Crippen LogP contribution >= 0.6 is 7.82 Å². The number of phosphoric ester groups is 1. The van der Waals surface area contributed by atoms with Crippen LogP contribution in [0.3, 0.4) is 0 Å². The summed E-state index contributed by atoms with van der Waals surface area (Å²) >= 11 is 0. The van der Waals surface area contributed by atoms with E-state index in [0.717, 1.165) is 5.57 Å². The summed E-state index contributed by atoms with van der Waals surface area (Å²) in [6, 6.07) is 0. The van der Waals surface area contributed by atoms with Gasteiger partial charge in [-0.05, 0) is 44.4 Å². The van der Waals surface area contributed by atoms with E-state index >= 15 is 4.39 Å². The van der Waals surface area contributed by atoms with E-state index in [4.69, 9.17) is 14.5 Å². The number of Topliss-reactive ketones (excluding diaryl/α,β-unsaturated/α-hetero) is 2. The summed E-state index contributed by atoms with van der Waals surface area (Å²) in [7, 11) is -4.90. The van der Waals surface area contributed by atoms with Crippen LogP contribution in [0.1, 0.15) is 52.9 Å². The monoisotopic (exact) mass is 472 g/mol. The molecule has 0 unspecified atom stereocenters. The molecule has 5 aliphatic rings. The number of carbonyl (C=O) groups excluding carboxylic acids is 2. The lowest BCUT2D eigenvalue weighted by Gasteiger charge is -2.60. The van der Waals surface area contributed by atoms with E-state index in [9.17, 15) is 19.3 Å². The first-order valence-electron chi connectivity index (χ1n) is 11.2. The molecular formula is C22H30FO8P. The van der Waals surface area contributed by atoms with Gasteiger partial charge in [-0.3, -0.25) is 14.1 Å². The van der Waals surface area contributed by atoms with Crippen molar-refractivity contribution in [2.24, 2.45) is 28.6 Å². The van der Waals surface area contributed by atoms with Crippen molar-refractivity contribution in [3.63, 3.8) is 0 Å².